The van der Waals surface area contributed by atoms with E-state index in [-0.39, 0.29) is 28.8 Å². The van der Waals surface area contributed by atoms with Gasteiger partial charge in [-0.05, 0) is 54.7 Å². The van der Waals surface area contributed by atoms with Crippen LogP contribution < -0.4 is 5.32 Å². The Bertz CT molecular complexity index is 1420. The molecule has 2 amide bonds. The number of thiophene rings is 1. The lowest BCUT2D eigenvalue weighted by Gasteiger charge is -2.23. The number of amides is 2. The van der Waals surface area contributed by atoms with E-state index in [1.54, 1.807) is 43.7 Å². The fraction of sp³-hybridized carbons (Fsp3) is 0.310. The summed E-state index contributed by atoms with van der Waals surface area (Å²) in [6.45, 7) is 1.95. The molecule has 0 bridgehead atoms. The van der Waals surface area contributed by atoms with Gasteiger partial charge in [-0.3, -0.25) is 9.59 Å². The first kappa shape index (κ1) is 28.8. The Morgan fingerprint density at radius 1 is 1.12 bits per heavy atom. The number of alkyl halides is 3. The molecular formula is C29H28F3N5O2S. The molecule has 7 nitrogen and oxygen atoms in total. The molecule has 0 saturated carbocycles. The number of nitriles is 1. The lowest BCUT2D eigenvalue weighted by atomic mass is 10.1. The average molecular weight is 568 g/mol. The third-order valence-electron chi connectivity index (χ3n) is 6.51. The Labute approximate surface area is 234 Å². The third-order valence-corrected chi connectivity index (χ3v) is 7.62. The van der Waals surface area contributed by atoms with Crippen molar-refractivity contribution in [1.82, 2.24) is 15.1 Å². The molecule has 0 aliphatic carbocycles. The lowest BCUT2D eigenvalue weighted by molar-refractivity contribution is -0.137. The van der Waals surface area contributed by atoms with Crippen LogP contribution in [0.25, 0.3) is 0 Å². The van der Waals surface area contributed by atoms with E-state index < -0.39 is 17.6 Å². The first-order valence-corrected chi connectivity index (χ1v) is 13.6. The van der Waals surface area contributed by atoms with E-state index in [1.165, 1.54) is 17.0 Å². The van der Waals surface area contributed by atoms with Crippen molar-refractivity contribution < 1.29 is 22.8 Å². The number of aliphatic imine (C=N–C) groups is 1. The normalized spacial score (nSPS) is 13.7. The standard InChI is InChI=1S/C29H28F3N5O2S/c1-36(18-22-8-4-3-7-21(22)16-33)28(39)26-24(35-19-37-13-5-2-6-14-37)15-25(40-26)27(38)34-17-20-9-11-23(12-10-20)29(30,31)32/h3-4,7-12,15,19H,2,5-6,13-14,17-18H2,1H3,(H,34,38). The van der Waals surface area contributed by atoms with Crippen LogP contribution in [-0.4, -0.2) is 48.1 Å². The summed E-state index contributed by atoms with van der Waals surface area (Å²) in [5, 5.41) is 12.1. The summed E-state index contributed by atoms with van der Waals surface area (Å²) < 4.78 is 38.5. The van der Waals surface area contributed by atoms with Crippen LogP contribution in [0.1, 0.15) is 60.9 Å². The van der Waals surface area contributed by atoms with E-state index in [9.17, 15) is 28.0 Å². The van der Waals surface area contributed by atoms with Crippen molar-refractivity contribution in [3.05, 3.63) is 86.6 Å². The first-order valence-electron chi connectivity index (χ1n) is 12.8. The SMILES string of the molecule is CN(Cc1ccccc1C#N)C(=O)c1sc(C(=O)NCc2ccc(C(F)(F)F)cc2)cc1N=CN1CCCCC1. The molecule has 0 unspecified atom stereocenters. The van der Waals surface area contributed by atoms with Gasteiger partial charge in [0.1, 0.15) is 4.88 Å². The molecule has 0 spiro atoms. The molecule has 11 heteroatoms. The van der Waals surface area contributed by atoms with Gasteiger partial charge in [-0.25, -0.2) is 4.99 Å². The highest BCUT2D eigenvalue weighted by molar-refractivity contribution is 7.16. The van der Waals surface area contributed by atoms with Crippen molar-refractivity contribution in [3.63, 3.8) is 0 Å². The number of rotatable bonds is 8. The predicted molar refractivity (Wildman–Crippen MR) is 147 cm³/mol. The first-order chi connectivity index (χ1) is 19.2. The summed E-state index contributed by atoms with van der Waals surface area (Å²) in [7, 11) is 1.62. The second-order valence-corrected chi connectivity index (χ2v) is 10.5. The summed E-state index contributed by atoms with van der Waals surface area (Å²) in [4.78, 5) is 35.1. The monoisotopic (exact) mass is 567 g/mol. The highest BCUT2D eigenvalue weighted by Crippen LogP contribution is 2.32. The van der Waals surface area contributed by atoms with Gasteiger partial charge >= 0.3 is 6.18 Å². The van der Waals surface area contributed by atoms with Gasteiger partial charge in [0.2, 0.25) is 0 Å². The molecule has 0 radical (unpaired) electrons. The number of benzene rings is 2. The van der Waals surface area contributed by atoms with E-state index in [0.29, 0.717) is 22.4 Å². The lowest BCUT2D eigenvalue weighted by Crippen LogP contribution is -2.28. The highest BCUT2D eigenvalue weighted by atomic mass is 32.1. The van der Waals surface area contributed by atoms with Gasteiger partial charge in [0.15, 0.2) is 0 Å². The summed E-state index contributed by atoms with van der Waals surface area (Å²) in [6.07, 6.45) is 0.536. The van der Waals surface area contributed by atoms with Gasteiger partial charge in [-0.1, -0.05) is 30.3 Å². The minimum absolute atomic E-state index is 0.0232. The molecule has 1 aromatic heterocycles. The molecule has 0 atom stereocenters. The molecular weight excluding hydrogens is 539 g/mol. The summed E-state index contributed by atoms with van der Waals surface area (Å²) >= 11 is 1.00. The molecule has 208 valence electrons. The number of piperidine rings is 1. The molecule has 1 aliphatic rings. The molecule has 3 aromatic rings. The highest BCUT2D eigenvalue weighted by Gasteiger charge is 2.30. The Morgan fingerprint density at radius 2 is 1.82 bits per heavy atom. The second kappa shape index (κ2) is 12.8. The van der Waals surface area contributed by atoms with E-state index >= 15 is 0 Å². The van der Waals surface area contributed by atoms with Gasteiger partial charge in [-0.2, -0.15) is 18.4 Å². The number of hydrogen-bond acceptors (Lipinski definition) is 5. The Kier molecular flexibility index (Phi) is 9.22. The molecule has 1 N–H and O–H groups in total. The molecule has 1 aliphatic heterocycles. The van der Waals surface area contributed by atoms with Crippen molar-refractivity contribution in [2.24, 2.45) is 4.99 Å². The van der Waals surface area contributed by atoms with Gasteiger partial charge in [-0.15, -0.1) is 11.3 Å². The predicted octanol–water partition coefficient (Wildman–Crippen LogP) is 5.99. The Hall–Kier alpha value is -4.17. The van der Waals surface area contributed by atoms with Crippen LogP contribution in [0.3, 0.4) is 0 Å². The Morgan fingerprint density at radius 3 is 2.50 bits per heavy atom. The van der Waals surface area contributed by atoms with E-state index in [0.717, 1.165) is 55.8 Å². The van der Waals surface area contributed by atoms with E-state index in [1.807, 2.05) is 0 Å². The quantitative estimate of drug-likeness (QED) is 0.268. The van der Waals surface area contributed by atoms with Crippen LogP contribution in [0.4, 0.5) is 18.9 Å². The van der Waals surface area contributed by atoms with Crippen LogP contribution in [0.2, 0.25) is 0 Å². The van der Waals surface area contributed by atoms with Gasteiger partial charge in [0.05, 0.1) is 34.1 Å². The number of nitrogens with one attached hydrogen (secondary N) is 1. The largest absolute Gasteiger partial charge is 0.416 e. The maximum Gasteiger partial charge on any atom is 0.416 e. The van der Waals surface area contributed by atoms with Gasteiger partial charge < -0.3 is 15.1 Å². The topological polar surface area (TPSA) is 88.8 Å². The molecule has 2 aromatic carbocycles. The number of carbonyl (C=O) groups is 2. The van der Waals surface area contributed by atoms with Crippen LogP contribution in [0.5, 0.6) is 0 Å². The van der Waals surface area contributed by atoms with Gasteiger partial charge in [0.25, 0.3) is 11.8 Å². The summed E-state index contributed by atoms with van der Waals surface area (Å²) in [6, 6.07) is 15.3. The fourth-order valence-corrected chi connectivity index (χ4v) is 5.28. The van der Waals surface area contributed by atoms with Crippen molar-refractivity contribution in [3.8, 4) is 6.07 Å². The van der Waals surface area contributed by atoms with Crippen molar-refractivity contribution in [2.75, 3.05) is 20.1 Å². The third kappa shape index (κ3) is 7.27. The van der Waals surface area contributed by atoms with Crippen molar-refractivity contribution >= 4 is 35.2 Å². The van der Waals surface area contributed by atoms with Crippen LogP contribution in [0, 0.1) is 11.3 Å². The molecule has 40 heavy (non-hydrogen) atoms. The maximum absolute atomic E-state index is 13.5. The maximum atomic E-state index is 13.5. The fourth-order valence-electron chi connectivity index (χ4n) is 4.27. The van der Waals surface area contributed by atoms with Crippen molar-refractivity contribution in [2.45, 2.75) is 38.5 Å². The zero-order valence-corrected chi connectivity index (χ0v) is 22.7. The van der Waals surface area contributed by atoms with Crippen LogP contribution >= 0.6 is 11.3 Å². The van der Waals surface area contributed by atoms with Crippen LogP contribution in [-0.2, 0) is 19.3 Å². The summed E-state index contributed by atoms with van der Waals surface area (Å²) in [5.41, 5.74) is 1.28. The van der Waals surface area contributed by atoms with Crippen molar-refractivity contribution in [1.29, 1.82) is 5.26 Å². The number of halogens is 3. The minimum Gasteiger partial charge on any atom is -0.363 e. The number of carbonyl (C=O) groups excluding carboxylic acids is 2. The smallest absolute Gasteiger partial charge is 0.363 e. The number of nitrogens with zero attached hydrogens (tertiary/aromatic N) is 4. The molecule has 1 fully saturated rings. The average Bonchev–Trinajstić information content (AvgIpc) is 3.39. The van der Waals surface area contributed by atoms with E-state index in [2.05, 4.69) is 21.3 Å². The van der Waals surface area contributed by atoms with Crippen LogP contribution in [0.15, 0.2) is 59.6 Å². The zero-order valence-electron chi connectivity index (χ0n) is 21.9. The molecule has 4 rings (SSSR count). The number of likely N-dealkylation sites (tertiary alicyclic amines) is 1. The van der Waals surface area contributed by atoms with E-state index in [4.69, 9.17) is 0 Å². The zero-order chi connectivity index (χ0) is 28.7. The summed E-state index contributed by atoms with van der Waals surface area (Å²) in [5.74, 6) is -0.804. The molecule has 1 saturated heterocycles. The second-order valence-electron chi connectivity index (χ2n) is 9.47. The molecule has 2 heterocycles. The van der Waals surface area contributed by atoms with Gasteiger partial charge in [0, 0.05) is 33.2 Å². The minimum atomic E-state index is -4.43. The Balaban J connectivity index is 1.53. The number of hydrogen-bond donors (Lipinski definition) is 1.